The summed E-state index contributed by atoms with van der Waals surface area (Å²) in [6.45, 7) is 1.71. The van der Waals surface area contributed by atoms with Crippen molar-refractivity contribution in [2.75, 3.05) is 19.4 Å². The number of aliphatic carboxylic acids is 1. The summed E-state index contributed by atoms with van der Waals surface area (Å²) in [6, 6.07) is 0. The van der Waals surface area contributed by atoms with Crippen molar-refractivity contribution >= 4 is 22.0 Å². The molecule has 7 nitrogen and oxygen atoms in total. The van der Waals surface area contributed by atoms with Crippen molar-refractivity contribution in [1.82, 2.24) is 4.31 Å². The molecule has 0 heterocycles. The van der Waals surface area contributed by atoms with Crippen LogP contribution in [-0.4, -0.2) is 54.7 Å². The highest BCUT2D eigenvalue weighted by molar-refractivity contribution is 7.89. The first-order chi connectivity index (χ1) is 9.73. The van der Waals surface area contributed by atoms with Gasteiger partial charge in [-0.15, -0.1) is 0 Å². The van der Waals surface area contributed by atoms with Crippen LogP contribution >= 0.6 is 0 Å². The second-order valence-corrected chi connectivity index (χ2v) is 7.38. The maximum absolute atomic E-state index is 12.3. The summed E-state index contributed by atoms with van der Waals surface area (Å²) in [6.07, 6.45) is 3.29. The first kappa shape index (κ1) is 17.9. The number of hydrogen-bond donors (Lipinski definition) is 1. The number of carbonyl (C=O) groups is 2. The molecule has 1 saturated carbocycles. The number of sulfonamides is 1. The Hall–Kier alpha value is -1.15. The Kier molecular flexibility index (Phi) is 6.15. The van der Waals surface area contributed by atoms with Crippen LogP contribution in [0.2, 0.25) is 0 Å². The van der Waals surface area contributed by atoms with Gasteiger partial charge in [-0.05, 0) is 19.8 Å². The van der Waals surface area contributed by atoms with Crippen molar-refractivity contribution in [2.24, 2.45) is 0 Å². The Bertz CT molecular complexity index is 481. The van der Waals surface area contributed by atoms with E-state index in [0.717, 1.165) is 23.6 Å². The minimum atomic E-state index is -3.89. The van der Waals surface area contributed by atoms with E-state index in [1.807, 2.05) is 0 Å². The molecular weight excluding hydrogens is 298 g/mol. The van der Waals surface area contributed by atoms with E-state index in [1.54, 1.807) is 6.92 Å². The fourth-order valence-electron chi connectivity index (χ4n) is 2.84. The molecule has 1 aliphatic carbocycles. The highest BCUT2D eigenvalue weighted by atomic mass is 32.2. The molecule has 0 aliphatic heterocycles. The van der Waals surface area contributed by atoms with E-state index >= 15 is 0 Å². The van der Waals surface area contributed by atoms with Gasteiger partial charge in [-0.25, -0.2) is 8.42 Å². The van der Waals surface area contributed by atoms with Crippen LogP contribution < -0.4 is 0 Å². The first-order valence-electron chi connectivity index (χ1n) is 7.07. The Labute approximate surface area is 125 Å². The van der Waals surface area contributed by atoms with Crippen molar-refractivity contribution in [2.45, 2.75) is 51.0 Å². The van der Waals surface area contributed by atoms with E-state index in [9.17, 15) is 18.0 Å². The molecule has 0 bridgehead atoms. The van der Waals surface area contributed by atoms with Crippen LogP contribution in [0.3, 0.4) is 0 Å². The Balaban J connectivity index is 2.95. The van der Waals surface area contributed by atoms with Crippen LogP contribution in [0.15, 0.2) is 0 Å². The molecule has 8 heteroatoms. The van der Waals surface area contributed by atoms with Crippen LogP contribution in [0.4, 0.5) is 0 Å². The van der Waals surface area contributed by atoms with Crippen molar-refractivity contribution in [3.05, 3.63) is 0 Å². The lowest BCUT2D eigenvalue weighted by atomic mass is 9.79. The summed E-state index contributed by atoms with van der Waals surface area (Å²) < 4.78 is 30.4. The predicted molar refractivity (Wildman–Crippen MR) is 76.3 cm³/mol. The molecule has 1 aliphatic rings. The summed E-state index contributed by atoms with van der Waals surface area (Å²) in [5, 5.41) is 9.10. The van der Waals surface area contributed by atoms with Gasteiger partial charge in [0.15, 0.2) is 5.75 Å². The van der Waals surface area contributed by atoms with E-state index in [2.05, 4.69) is 4.74 Å². The van der Waals surface area contributed by atoms with Crippen LogP contribution in [-0.2, 0) is 24.3 Å². The normalized spacial score (nSPS) is 18.4. The molecule has 0 spiro atoms. The molecule has 0 aromatic rings. The second-order valence-electron chi connectivity index (χ2n) is 5.38. The number of esters is 1. The summed E-state index contributed by atoms with van der Waals surface area (Å²) in [7, 11) is -2.53. The summed E-state index contributed by atoms with van der Waals surface area (Å²) in [5.74, 6) is -2.60. The van der Waals surface area contributed by atoms with Crippen molar-refractivity contribution in [3.63, 3.8) is 0 Å². The van der Waals surface area contributed by atoms with Gasteiger partial charge in [0.25, 0.3) is 0 Å². The molecule has 0 saturated heterocycles. The van der Waals surface area contributed by atoms with Gasteiger partial charge < -0.3 is 9.84 Å². The zero-order valence-corrected chi connectivity index (χ0v) is 13.3. The van der Waals surface area contributed by atoms with E-state index in [0.29, 0.717) is 12.8 Å². The summed E-state index contributed by atoms with van der Waals surface area (Å²) >= 11 is 0. The Morgan fingerprint density at radius 2 is 1.81 bits per heavy atom. The monoisotopic (exact) mass is 321 g/mol. The van der Waals surface area contributed by atoms with Crippen LogP contribution in [0.1, 0.15) is 45.4 Å². The average Bonchev–Trinajstić information content (AvgIpc) is 2.37. The lowest BCUT2D eigenvalue weighted by molar-refractivity contribution is -0.140. The number of ether oxygens (including phenoxy) is 1. The second kappa shape index (κ2) is 7.22. The highest BCUT2D eigenvalue weighted by Gasteiger charge is 2.44. The summed E-state index contributed by atoms with van der Waals surface area (Å²) in [4.78, 5) is 22.5. The topological polar surface area (TPSA) is 101 Å². The van der Waals surface area contributed by atoms with Gasteiger partial charge in [0.2, 0.25) is 10.0 Å². The van der Waals surface area contributed by atoms with Gasteiger partial charge >= 0.3 is 11.9 Å². The largest absolute Gasteiger partial charge is 0.481 e. The third-order valence-electron chi connectivity index (χ3n) is 3.96. The quantitative estimate of drug-likeness (QED) is 0.702. The highest BCUT2D eigenvalue weighted by Crippen LogP contribution is 2.37. The molecule has 0 radical (unpaired) electrons. The van der Waals surface area contributed by atoms with Gasteiger partial charge in [-0.3, -0.25) is 9.59 Å². The number of carboxylic acids is 1. The standard InChI is InChI=1S/C13H23NO6S/c1-3-20-12(17)10-21(18,19)14(2)13(9-11(15)16)7-5-4-6-8-13/h3-10H2,1-2H3,(H,15,16). The Morgan fingerprint density at radius 1 is 1.24 bits per heavy atom. The molecule has 122 valence electrons. The minimum Gasteiger partial charge on any atom is -0.481 e. The molecule has 1 rings (SSSR count). The zero-order chi connectivity index (χ0) is 16.1. The fraction of sp³-hybridized carbons (Fsp3) is 0.846. The van der Waals surface area contributed by atoms with Crippen molar-refractivity contribution < 1.29 is 27.9 Å². The number of rotatable bonds is 7. The maximum Gasteiger partial charge on any atom is 0.322 e. The van der Waals surface area contributed by atoms with Crippen LogP contribution in [0.25, 0.3) is 0 Å². The number of carbonyl (C=O) groups excluding carboxylic acids is 1. The molecule has 1 fully saturated rings. The van der Waals surface area contributed by atoms with Crippen LogP contribution in [0, 0.1) is 0 Å². The molecular formula is C13H23NO6S. The Morgan fingerprint density at radius 3 is 2.29 bits per heavy atom. The zero-order valence-electron chi connectivity index (χ0n) is 12.5. The van der Waals surface area contributed by atoms with E-state index in [4.69, 9.17) is 5.11 Å². The number of hydrogen-bond acceptors (Lipinski definition) is 5. The third-order valence-corrected chi connectivity index (χ3v) is 5.78. The van der Waals surface area contributed by atoms with Crippen molar-refractivity contribution in [3.8, 4) is 0 Å². The van der Waals surface area contributed by atoms with Gasteiger partial charge in [0.05, 0.1) is 13.0 Å². The van der Waals surface area contributed by atoms with Crippen molar-refractivity contribution in [1.29, 1.82) is 0 Å². The molecule has 0 aromatic heterocycles. The first-order valence-corrected chi connectivity index (χ1v) is 8.68. The number of nitrogens with zero attached hydrogens (tertiary/aromatic N) is 1. The van der Waals surface area contributed by atoms with E-state index in [1.165, 1.54) is 7.05 Å². The van der Waals surface area contributed by atoms with Gasteiger partial charge in [0.1, 0.15) is 0 Å². The van der Waals surface area contributed by atoms with E-state index in [-0.39, 0.29) is 13.0 Å². The molecule has 0 amide bonds. The molecule has 0 atom stereocenters. The van der Waals surface area contributed by atoms with Crippen LogP contribution in [0.5, 0.6) is 0 Å². The SMILES string of the molecule is CCOC(=O)CS(=O)(=O)N(C)C1(CC(=O)O)CCCCC1. The molecule has 0 unspecified atom stereocenters. The lowest BCUT2D eigenvalue weighted by Crippen LogP contribution is -2.53. The minimum absolute atomic E-state index is 0.109. The maximum atomic E-state index is 12.3. The molecule has 0 aromatic carbocycles. The van der Waals surface area contributed by atoms with E-state index < -0.39 is 33.3 Å². The van der Waals surface area contributed by atoms with Gasteiger partial charge in [-0.1, -0.05) is 19.3 Å². The molecule has 1 N–H and O–H groups in total. The van der Waals surface area contributed by atoms with Gasteiger partial charge in [-0.2, -0.15) is 4.31 Å². The number of carboxylic acid groups (broad SMARTS) is 1. The molecule has 21 heavy (non-hydrogen) atoms. The summed E-state index contributed by atoms with van der Waals surface area (Å²) in [5.41, 5.74) is -0.935. The fourth-order valence-corrected chi connectivity index (χ4v) is 4.25. The third kappa shape index (κ3) is 4.67. The van der Waals surface area contributed by atoms with Gasteiger partial charge in [0, 0.05) is 12.6 Å². The smallest absolute Gasteiger partial charge is 0.322 e. The predicted octanol–water partition coefficient (Wildman–Crippen LogP) is 0.989. The lowest BCUT2D eigenvalue weighted by Gasteiger charge is -2.42. The average molecular weight is 321 g/mol.